The summed E-state index contributed by atoms with van der Waals surface area (Å²) in [4.78, 5) is 11.8. The monoisotopic (exact) mass is 309 g/mol. The van der Waals surface area contributed by atoms with E-state index in [2.05, 4.69) is 0 Å². The first-order valence-electron chi connectivity index (χ1n) is 5.99. The van der Waals surface area contributed by atoms with Crippen LogP contribution in [0.4, 0.5) is 5.69 Å². The normalized spacial score (nSPS) is 10.3. The van der Waals surface area contributed by atoms with E-state index in [4.69, 9.17) is 33.7 Å². The SMILES string of the molecule is Nc1ccc(CC(=O)OCc2c(Cl)cccc2Cl)cc1. The number of rotatable bonds is 4. The maximum Gasteiger partial charge on any atom is 0.310 e. The number of carbonyl (C=O) groups excluding carboxylic acids is 1. The number of hydrogen-bond donors (Lipinski definition) is 1. The Morgan fingerprint density at radius 2 is 1.65 bits per heavy atom. The Kier molecular flexibility index (Phi) is 4.88. The fourth-order valence-corrected chi connectivity index (χ4v) is 2.18. The molecule has 0 aliphatic heterocycles. The van der Waals surface area contributed by atoms with Gasteiger partial charge in [0.2, 0.25) is 0 Å². The van der Waals surface area contributed by atoms with Crippen LogP contribution in [0.15, 0.2) is 42.5 Å². The number of esters is 1. The average Bonchev–Trinajstić information content (AvgIpc) is 2.41. The quantitative estimate of drug-likeness (QED) is 0.689. The van der Waals surface area contributed by atoms with Crippen LogP contribution in [0.3, 0.4) is 0 Å². The molecule has 0 fully saturated rings. The zero-order chi connectivity index (χ0) is 14.5. The van der Waals surface area contributed by atoms with Crippen molar-refractivity contribution in [2.45, 2.75) is 13.0 Å². The molecular formula is C15H13Cl2NO2. The minimum atomic E-state index is -0.342. The topological polar surface area (TPSA) is 52.3 Å². The van der Waals surface area contributed by atoms with Crippen molar-refractivity contribution in [2.75, 3.05) is 5.73 Å². The van der Waals surface area contributed by atoms with E-state index in [1.54, 1.807) is 42.5 Å². The van der Waals surface area contributed by atoms with Crippen molar-refractivity contribution in [1.29, 1.82) is 0 Å². The Morgan fingerprint density at radius 1 is 1.05 bits per heavy atom. The summed E-state index contributed by atoms with van der Waals surface area (Å²) in [7, 11) is 0. The molecule has 0 aliphatic rings. The van der Waals surface area contributed by atoms with Crippen molar-refractivity contribution in [3.05, 3.63) is 63.6 Å². The van der Waals surface area contributed by atoms with Crippen molar-refractivity contribution < 1.29 is 9.53 Å². The second kappa shape index (κ2) is 6.64. The average molecular weight is 310 g/mol. The van der Waals surface area contributed by atoms with E-state index in [1.165, 1.54) is 0 Å². The van der Waals surface area contributed by atoms with Crippen LogP contribution in [-0.4, -0.2) is 5.97 Å². The van der Waals surface area contributed by atoms with E-state index in [-0.39, 0.29) is 19.0 Å². The Bertz CT molecular complexity index is 592. The number of anilines is 1. The van der Waals surface area contributed by atoms with E-state index in [0.29, 0.717) is 21.3 Å². The predicted molar refractivity (Wildman–Crippen MR) is 80.8 cm³/mol. The van der Waals surface area contributed by atoms with E-state index in [9.17, 15) is 4.79 Å². The Labute approximate surface area is 127 Å². The number of nitrogen functional groups attached to an aromatic ring is 1. The van der Waals surface area contributed by atoms with Crippen LogP contribution >= 0.6 is 23.2 Å². The van der Waals surface area contributed by atoms with Gasteiger partial charge in [-0.25, -0.2) is 0 Å². The van der Waals surface area contributed by atoms with Crippen molar-refractivity contribution in [1.82, 2.24) is 0 Å². The molecule has 2 N–H and O–H groups in total. The van der Waals surface area contributed by atoms with Gasteiger partial charge in [-0.15, -0.1) is 0 Å². The molecule has 3 nitrogen and oxygen atoms in total. The minimum Gasteiger partial charge on any atom is -0.460 e. The number of halogens is 2. The van der Waals surface area contributed by atoms with Crippen LogP contribution < -0.4 is 5.73 Å². The van der Waals surface area contributed by atoms with Crippen molar-refractivity contribution in [3.8, 4) is 0 Å². The van der Waals surface area contributed by atoms with Crippen LogP contribution in [-0.2, 0) is 22.6 Å². The molecule has 5 heteroatoms. The molecule has 2 rings (SSSR count). The first kappa shape index (κ1) is 14.7. The lowest BCUT2D eigenvalue weighted by Crippen LogP contribution is -2.08. The summed E-state index contributed by atoms with van der Waals surface area (Å²) < 4.78 is 5.18. The Balaban J connectivity index is 1.94. The molecule has 0 saturated carbocycles. The lowest BCUT2D eigenvalue weighted by atomic mass is 10.1. The highest BCUT2D eigenvalue weighted by Crippen LogP contribution is 2.25. The smallest absolute Gasteiger partial charge is 0.310 e. The van der Waals surface area contributed by atoms with Gasteiger partial charge in [-0.1, -0.05) is 41.4 Å². The molecule has 0 unspecified atom stereocenters. The van der Waals surface area contributed by atoms with E-state index < -0.39 is 0 Å². The molecular weight excluding hydrogens is 297 g/mol. The zero-order valence-corrected chi connectivity index (χ0v) is 12.1. The number of carbonyl (C=O) groups is 1. The van der Waals surface area contributed by atoms with Gasteiger partial charge in [0.1, 0.15) is 6.61 Å². The maximum atomic E-state index is 11.8. The predicted octanol–water partition coefficient (Wildman–Crippen LogP) is 3.86. The fourth-order valence-electron chi connectivity index (χ4n) is 1.68. The van der Waals surface area contributed by atoms with E-state index >= 15 is 0 Å². The minimum absolute atomic E-state index is 0.0618. The molecule has 0 radical (unpaired) electrons. The van der Waals surface area contributed by atoms with Gasteiger partial charge in [-0.05, 0) is 29.8 Å². The molecule has 0 saturated heterocycles. The van der Waals surface area contributed by atoms with Gasteiger partial charge in [0.05, 0.1) is 6.42 Å². The Hall–Kier alpha value is -1.71. The van der Waals surface area contributed by atoms with Crippen molar-refractivity contribution in [2.24, 2.45) is 0 Å². The van der Waals surface area contributed by atoms with Gasteiger partial charge in [0.15, 0.2) is 0 Å². The summed E-state index contributed by atoms with van der Waals surface area (Å²) in [5, 5.41) is 0.968. The van der Waals surface area contributed by atoms with Crippen LogP contribution in [0, 0.1) is 0 Å². The molecule has 0 amide bonds. The van der Waals surface area contributed by atoms with Gasteiger partial charge >= 0.3 is 5.97 Å². The van der Waals surface area contributed by atoms with E-state index in [0.717, 1.165) is 5.56 Å². The second-order valence-electron chi connectivity index (χ2n) is 4.28. The summed E-state index contributed by atoms with van der Waals surface area (Å²) in [6.07, 6.45) is 0.183. The highest BCUT2D eigenvalue weighted by atomic mass is 35.5. The third-order valence-corrected chi connectivity index (χ3v) is 3.48. The molecule has 0 aliphatic carbocycles. The molecule has 0 bridgehead atoms. The van der Waals surface area contributed by atoms with Gasteiger partial charge in [0, 0.05) is 21.3 Å². The summed E-state index contributed by atoms with van der Waals surface area (Å²) in [5.74, 6) is -0.342. The van der Waals surface area contributed by atoms with Crippen LogP contribution in [0.2, 0.25) is 10.0 Å². The first-order valence-corrected chi connectivity index (χ1v) is 6.75. The summed E-state index contributed by atoms with van der Waals surface area (Å²) >= 11 is 12.0. The summed E-state index contributed by atoms with van der Waals surface area (Å²) in [6.45, 7) is 0.0618. The number of ether oxygens (including phenoxy) is 1. The molecule has 0 heterocycles. The van der Waals surface area contributed by atoms with Gasteiger partial charge < -0.3 is 10.5 Å². The first-order chi connectivity index (χ1) is 9.56. The molecule has 104 valence electrons. The number of benzene rings is 2. The highest BCUT2D eigenvalue weighted by molar-refractivity contribution is 6.35. The van der Waals surface area contributed by atoms with Crippen LogP contribution in [0.1, 0.15) is 11.1 Å². The van der Waals surface area contributed by atoms with E-state index in [1.807, 2.05) is 0 Å². The highest BCUT2D eigenvalue weighted by Gasteiger charge is 2.09. The molecule has 0 spiro atoms. The third kappa shape index (κ3) is 3.89. The van der Waals surface area contributed by atoms with Gasteiger partial charge in [-0.3, -0.25) is 4.79 Å². The van der Waals surface area contributed by atoms with Gasteiger partial charge in [-0.2, -0.15) is 0 Å². The number of hydrogen-bond acceptors (Lipinski definition) is 3. The van der Waals surface area contributed by atoms with Crippen LogP contribution in [0.25, 0.3) is 0 Å². The van der Waals surface area contributed by atoms with Crippen molar-refractivity contribution >= 4 is 34.9 Å². The molecule has 0 aromatic heterocycles. The van der Waals surface area contributed by atoms with Crippen molar-refractivity contribution in [3.63, 3.8) is 0 Å². The molecule has 0 atom stereocenters. The lowest BCUT2D eigenvalue weighted by Gasteiger charge is -2.08. The van der Waals surface area contributed by atoms with Crippen LogP contribution in [0.5, 0.6) is 0 Å². The zero-order valence-electron chi connectivity index (χ0n) is 10.6. The standard InChI is InChI=1S/C15H13Cl2NO2/c16-13-2-1-3-14(17)12(13)9-20-15(19)8-10-4-6-11(18)7-5-10/h1-7H,8-9,18H2. The molecule has 2 aromatic rings. The summed E-state index contributed by atoms with van der Waals surface area (Å²) in [5.41, 5.74) is 7.69. The third-order valence-electron chi connectivity index (χ3n) is 2.77. The Morgan fingerprint density at radius 3 is 2.25 bits per heavy atom. The van der Waals surface area contributed by atoms with Gasteiger partial charge in [0.25, 0.3) is 0 Å². The fraction of sp³-hybridized carbons (Fsp3) is 0.133. The lowest BCUT2D eigenvalue weighted by molar-refractivity contribution is -0.144. The molecule has 2 aromatic carbocycles. The largest absolute Gasteiger partial charge is 0.460 e. The second-order valence-corrected chi connectivity index (χ2v) is 5.09. The molecule has 20 heavy (non-hydrogen) atoms. The summed E-state index contributed by atoms with van der Waals surface area (Å²) in [6, 6.07) is 12.2. The maximum absolute atomic E-state index is 11.8. The number of nitrogens with two attached hydrogens (primary N) is 1.